The predicted octanol–water partition coefficient (Wildman–Crippen LogP) is 5.47. The summed E-state index contributed by atoms with van der Waals surface area (Å²) in [4.78, 5) is 17.0. The maximum absolute atomic E-state index is 12.3. The fourth-order valence-electron chi connectivity index (χ4n) is 3.48. The molecule has 1 N–H and O–H groups in total. The first-order valence-corrected chi connectivity index (χ1v) is 10.1. The van der Waals surface area contributed by atoms with Gasteiger partial charge in [0, 0.05) is 35.3 Å². The molecule has 0 atom stereocenters. The van der Waals surface area contributed by atoms with Crippen molar-refractivity contribution < 1.29 is 4.79 Å². The van der Waals surface area contributed by atoms with Crippen molar-refractivity contribution in [1.82, 2.24) is 14.9 Å². The highest BCUT2D eigenvalue weighted by Crippen LogP contribution is 2.27. The minimum atomic E-state index is -0.0126. The SMILES string of the molecule is CCCCCCNC(=O)c1ccc(-c2ncccc2-n2c(C)ccc2C)cc1. The zero-order chi connectivity index (χ0) is 19.9. The molecule has 28 heavy (non-hydrogen) atoms. The molecule has 1 amide bonds. The Labute approximate surface area is 167 Å². The van der Waals surface area contributed by atoms with Gasteiger partial charge < -0.3 is 9.88 Å². The maximum Gasteiger partial charge on any atom is 0.251 e. The quantitative estimate of drug-likeness (QED) is 0.531. The van der Waals surface area contributed by atoms with Crippen molar-refractivity contribution in [2.24, 2.45) is 0 Å². The van der Waals surface area contributed by atoms with Crippen LogP contribution in [0.1, 0.15) is 54.4 Å². The molecule has 0 unspecified atom stereocenters. The maximum atomic E-state index is 12.3. The number of aryl methyl sites for hydroxylation is 2. The van der Waals surface area contributed by atoms with Crippen LogP contribution in [-0.4, -0.2) is 22.0 Å². The van der Waals surface area contributed by atoms with E-state index < -0.39 is 0 Å². The van der Waals surface area contributed by atoms with E-state index >= 15 is 0 Å². The van der Waals surface area contributed by atoms with E-state index in [1.165, 1.54) is 24.2 Å². The number of rotatable bonds is 8. The monoisotopic (exact) mass is 375 g/mol. The van der Waals surface area contributed by atoms with E-state index in [-0.39, 0.29) is 5.91 Å². The van der Waals surface area contributed by atoms with Gasteiger partial charge in [-0.1, -0.05) is 38.3 Å². The van der Waals surface area contributed by atoms with Gasteiger partial charge >= 0.3 is 0 Å². The lowest BCUT2D eigenvalue weighted by molar-refractivity contribution is 0.0953. The highest BCUT2D eigenvalue weighted by molar-refractivity contribution is 5.94. The molecule has 0 aliphatic carbocycles. The number of benzene rings is 1. The van der Waals surface area contributed by atoms with E-state index in [0.29, 0.717) is 5.56 Å². The van der Waals surface area contributed by atoms with Gasteiger partial charge in [0.2, 0.25) is 0 Å². The molecule has 1 aromatic carbocycles. The molecule has 3 rings (SSSR count). The van der Waals surface area contributed by atoms with Gasteiger partial charge in [0.1, 0.15) is 0 Å². The van der Waals surface area contributed by atoms with Crippen molar-refractivity contribution in [3.05, 3.63) is 71.7 Å². The van der Waals surface area contributed by atoms with E-state index in [2.05, 4.69) is 53.8 Å². The number of unbranched alkanes of at least 4 members (excludes halogenated alkanes) is 3. The van der Waals surface area contributed by atoms with Crippen LogP contribution < -0.4 is 5.32 Å². The molecule has 2 heterocycles. The van der Waals surface area contributed by atoms with E-state index in [1.54, 1.807) is 0 Å². The summed E-state index contributed by atoms with van der Waals surface area (Å²) in [5.74, 6) is -0.0126. The topological polar surface area (TPSA) is 46.9 Å². The van der Waals surface area contributed by atoms with Crippen LogP contribution in [0.3, 0.4) is 0 Å². The van der Waals surface area contributed by atoms with Gasteiger partial charge in [-0.2, -0.15) is 0 Å². The van der Waals surface area contributed by atoms with Crippen molar-refractivity contribution in [1.29, 1.82) is 0 Å². The van der Waals surface area contributed by atoms with Crippen molar-refractivity contribution in [3.63, 3.8) is 0 Å². The average Bonchev–Trinajstić information content (AvgIpc) is 3.06. The number of hydrogen-bond donors (Lipinski definition) is 1. The smallest absolute Gasteiger partial charge is 0.251 e. The lowest BCUT2D eigenvalue weighted by Gasteiger charge is -2.14. The lowest BCUT2D eigenvalue weighted by Crippen LogP contribution is -2.24. The molecule has 0 radical (unpaired) electrons. The van der Waals surface area contributed by atoms with E-state index in [9.17, 15) is 4.79 Å². The Bertz CT molecular complexity index is 906. The van der Waals surface area contributed by atoms with Crippen molar-refractivity contribution in [2.75, 3.05) is 6.54 Å². The molecule has 146 valence electrons. The Morgan fingerprint density at radius 2 is 1.68 bits per heavy atom. The van der Waals surface area contributed by atoms with Crippen LogP contribution in [0.25, 0.3) is 16.9 Å². The molecular formula is C24H29N3O. The number of nitrogens with zero attached hydrogens (tertiary/aromatic N) is 2. The summed E-state index contributed by atoms with van der Waals surface area (Å²) in [7, 11) is 0. The van der Waals surface area contributed by atoms with Crippen LogP contribution in [0.2, 0.25) is 0 Å². The summed E-state index contributed by atoms with van der Waals surface area (Å²) in [6.07, 6.45) is 6.43. The number of aromatic nitrogens is 2. The Hall–Kier alpha value is -2.88. The highest BCUT2D eigenvalue weighted by Gasteiger charge is 2.12. The molecule has 0 saturated carbocycles. The predicted molar refractivity (Wildman–Crippen MR) is 115 cm³/mol. The van der Waals surface area contributed by atoms with Gasteiger partial charge in [-0.25, -0.2) is 0 Å². The molecule has 3 aromatic rings. The second-order valence-electron chi connectivity index (χ2n) is 7.22. The third-order valence-electron chi connectivity index (χ3n) is 5.03. The molecule has 0 aliphatic rings. The summed E-state index contributed by atoms with van der Waals surface area (Å²) < 4.78 is 2.21. The van der Waals surface area contributed by atoms with E-state index in [4.69, 9.17) is 0 Å². The Morgan fingerprint density at radius 3 is 2.36 bits per heavy atom. The molecule has 0 fully saturated rings. The van der Waals surface area contributed by atoms with Crippen molar-refractivity contribution in [3.8, 4) is 16.9 Å². The molecule has 4 heteroatoms. The fourth-order valence-corrected chi connectivity index (χ4v) is 3.48. The Balaban J connectivity index is 1.77. The summed E-state index contributed by atoms with van der Waals surface area (Å²) >= 11 is 0. The zero-order valence-electron chi connectivity index (χ0n) is 17.0. The molecule has 0 bridgehead atoms. The second-order valence-corrected chi connectivity index (χ2v) is 7.22. The molecule has 0 spiro atoms. The second kappa shape index (κ2) is 9.36. The summed E-state index contributed by atoms with van der Waals surface area (Å²) in [5.41, 5.74) is 6.00. The van der Waals surface area contributed by atoms with Crippen LogP contribution in [0.5, 0.6) is 0 Å². The minimum Gasteiger partial charge on any atom is -0.352 e. The van der Waals surface area contributed by atoms with Crippen LogP contribution in [0.4, 0.5) is 0 Å². The fraction of sp³-hybridized carbons (Fsp3) is 0.333. The van der Waals surface area contributed by atoms with Crippen LogP contribution in [0, 0.1) is 13.8 Å². The number of carbonyl (C=O) groups excluding carboxylic acids is 1. The third kappa shape index (κ3) is 4.50. The van der Waals surface area contributed by atoms with E-state index in [0.717, 1.165) is 36.3 Å². The number of carbonyl (C=O) groups is 1. The van der Waals surface area contributed by atoms with Gasteiger partial charge in [0.15, 0.2) is 0 Å². The first-order valence-electron chi connectivity index (χ1n) is 10.1. The standard InChI is InChI=1S/C24H29N3O/c1-4-5-6-7-16-26-24(28)21-14-12-20(13-15-21)23-22(9-8-17-25-23)27-18(2)10-11-19(27)3/h8-15,17H,4-7,16H2,1-3H3,(H,26,28). The van der Waals surface area contributed by atoms with Gasteiger partial charge in [0.25, 0.3) is 5.91 Å². The first kappa shape index (κ1) is 19.9. The zero-order valence-corrected chi connectivity index (χ0v) is 17.0. The van der Waals surface area contributed by atoms with Gasteiger partial charge in [-0.15, -0.1) is 0 Å². The van der Waals surface area contributed by atoms with Gasteiger partial charge in [-0.05, 0) is 56.7 Å². The normalized spacial score (nSPS) is 10.8. The summed E-state index contributed by atoms with van der Waals surface area (Å²) in [6.45, 7) is 7.11. The average molecular weight is 376 g/mol. The largest absolute Gasteiger partial charge is 0.352 e. The third-order valence-corrected chi connectivity index (χ3v) is 5.03. The Kier molecular flexibility index (Phi) is 6.64. The number of amides is 1. The molecule has 0 saturated heterocycles. The Morgan fingerprint density at radius 1 is 0.964 bits per heavy atom. The van der Waals surface area contributed by atoms with Gasteiger partial charge in [-0.3, -0.25) is 9.78 Å². The highest BCUT2D eigenvalue weighted by atomic mass is 16.1. The van der Waals surface area contributed by atoms with Crippen LogP contribution >= 0.6 is 0 Å². The molecule has 0 aliphatic heterocycles. The molecular weight excluding hydrogens is 346 g/mol. The first-order chi connectivity index (χ1) is 13.6. The van der Waals surface area contributed by atoms with Crippen molar-refractivity contribution >= 4 is 5.91 Å². The summed E-state index contributed by atoms with van der Waals surface area (Å²) in [5, 5.41) is 3.01. The summed E-state index contributed by atoms with van der Waals surface area (Å²) in [6, 6.07) is 16.0. The van der Waals surface area contributed by atoms with Crippen LogP contribution in [0.15, 0.2) is 54.7 Å². The number of nitrogens with one attached hydrogen (secondary N) is 1. The van der Waals surface area contributed by atoms with Gasteiger partial charge in [0.05, 0.1) is 11.4 Å². The molecule has 2 aromatic heterocycles. The molecule has 4 nitrogen and oxygen atoms in total. The van der Waals surface area contributed by atoms with Crippen molar-refractivity contribution in [2.45, 2.75) is 46.5 Å². The lowest BCUT2D eigenvalue weighted by atomic mass is 10.1. The number of pyridine rings is 1. The number of hydrogen-bond acceptors (Lipinski definition) is 2. The van der Waals surface area contributed by atoms with Crippen LogP contribution in [-0.2, 0) is 0 Å². The minimum absolute atomic E-state index is 0.0126. The van der Waals surface area contributed by atoms with E-state index in [1.807, 2.05) is 36.5 Å².